The van der Waals surface area contributed by atoms with Crippen LogP contribution in [0, 0.1) is 13.8 Å². The third-order valence-electron chi connectivity index (χ3n) is 4.82. The van der Waals surface area contributed by atoms with Gasteiger partial charge in [-0.25, -0.2) is 0 Å². The van der Waals surface area contributed by atoms with Crippen LogP contribution in [0.1, 0.15) is 48.1 Å². The summed E-state index contributed by atoms with van der Waals surface area (Å²) in [5, 5.41) is 3.17. The molecule has 4 heteroatoms. The molecular formula is C21H27N3O. The predicted molar refractivity (Wildman–Crippen MR) is 100 cm³/mol. The standard InChI is InChI=1S/C21H27N3O/c1-15-4-5-16(2)20(12-15)17(3)23-21(25)14-24(19-6-7-19)13-18-8-10-22-11-9-18/h4-5,8-12,17,19H,6-7,13-14H2,1-3H3,(H,23,25). The van der Waals surface area contributed by atoms with Crippen LogP contribution < -0.4 is 5.32 Å². The molecule has 1 heterocycles. The second-order valence-corrected chi connectivity index (χ2v) is 7.14. The first-order valence-electron chi connectivity index (χ1n) is 9.02. The van der Waals surface area contributed by atoms with Crippen LogP contribution in [0.15, 0.2) is 42.7 Å². The molecule has 0 aliphatic heterocycles. The Morgan fingerprint density at radius 3 is 2.64 bits per heavy atom. The van der Waals surface area contributed by atoms with Crippen LogP contribution in [0.2, 0.25) is 0 Å². The minimum Gasteiger partial charge on any atom is -0.348 e. The maximum Gasteiger partial charge on any atom is 0.234 e. The highest BCUT2D eigenvalue weighted by atomic mass is 16.2. The molecule has 3 rings (SSSR count). The van der Waals surface area contributed by atoms with Crippen molar-refractivity contribution in [1.82, 2.24) is 15.2 Å². The number of pyridine rings is 1. The Labute approximate surface area is 150 Å². The molecule has 132 valence electrons. The van der Waals surface area contributed by atoms with E-state index in [1.165, 1.54) is 35.1 Å². The molecule has 1 atom stereocenters. The fraction of sp³-hybridized carbons (Fsp3) is 0.429. The topological polar surface area (TPSA) is 45.2 Å². The summed E-state index contributed by atoms with van der Waals surface area (Å²) in [6.07, 6.45) is 5.99. The lowest BCUT2D eigenvalue weighted by molar-refractivity contribution is -0.123. The van der Waals surface area contributed by atoms with Gasteiger partial charge in [-0.15, -0.1) is 0 Å². The molecular weight excluding hydrogens is 310 g/mol. The maximum absolute atomic E-state index is 12.6. The van der Waals surface area contributed by atoms with Gasteiger partial charge in [0.1, 0.15) is 0 Å². The van der Waals surface area contributed by atoms with E-state index >= 15 is 0 Å². The van der Waals surface area contributed by atoms with E-state index in [0.29, 0.717) is 12.6 Å². The van der Waals surface area contributed by atoms with Crippen molar-refractivity contribution in [3.8, 4) is 0 Å². The van der Waals surface area contributed by atoms with Crippen molar-refractivity contribution in [2.45, 2.75) is 52.2 Å². The van der Waals surface area contributed by atoms with E-state index in [2.05, 4.69) is 54.2 Å². The van der Waals surface area contributed by atoms with Crippen LogP contribution in [0.25, 0.3) is 0 Å². The number of benzene rings is 1. The minimum absolute atomic E-state index is 0.0226. The Morgan fingerprint density at radius 2 is 1.96 bits per heavy atom. The Hall–Kier alpha value is -2.20. The summed E-state index contributed by atoms with van der Waals surface area (Å²) in [5.41, 5.74) is 4.84. The first-order valence-corrected chi connectivity index (χ1v) is 9.02. The number of hydrogen-bond acceptors (Lipinski definition) is 3. The molecule has 1 aromatic heterocycles. The average Bonchev–Trinajstić information content (AvgIpc) is 3.42. The van der Waals surface area contributed by atoms with Gasteiger partial charge in [-0.05, 0) is 62.4 Å². The number of carbonyl (C=O) groups is 1. The summed E-state index contributed by atoms with van der Waals surface area (Å²) in [6.45, 7) is 7.49. The average molecular weight is 337 g/mol. The van der Waals surface area contributed by atoms with Gasteiger partial charge in [-0.2, -0.15) is 0 Å². The molecule has 0 radical (unpaired) electrons. The van der Waals surface area contributed by atoms with Gasteiger partial charge in [0.25, 0.3) is 0 Å². The van der Waals surface area contributed by atoms with Gasteiger partial charge < -0.3 is 5.32 Å². The lowest BCUT2D eigenvalue weighted by Gasteiger charge is -2.23. The third-order valence-corrected chi connectivity index (χ3v) is 4.82. The van der Waals surface area contributed by atoms with E-state index in [4.69, 9.17) is 0 Å². The largest absolute Gasteiger partial charge is 0.348 e. The zero-order valence-corrected chi connectivity index (χ0v) is 15.3. The van der Waals surface area contributed by atoms with Crippen LogP contribution >= 0.6 is 0 Å². The lowest BCUT2D eigenvalue weighted by atomic mass is 10.00. The number of nitrogens with one attached hydrogen (secondary N) is 1. The van der Waals surface area contributed by atoms with E-state index in [9.17, 15) is 4.79 Å². The zero-order chi connectivity index (χ0) is 17.8. The molecule has 1 aromatic carbocycles. The summed E-state index contributed by atoms with van der Waals surface area (Å²) in [4.78, 5) is 18.9. The van der Waals surface area contributed by atoms with Gasteiger partial charge in [0.15, 0.2) is 0 Å². The quantitative estimate of drug-likeness (QED) is 0.840. The number of amides is 1. The van der Waals surface area contributed by atoms with Gasteiger partial charge >= 0.3 is 0 Å². The van der Waals surface area contributed by atoms with E-state index in [1.54, 1.807) is 0 Å². The Morgan fingerprint density at radius 1 is 1.24 bits per heavy atom. The molecule has 25 heavy (non-hydrogen) atoms. The van der Waals surface area contributed by atoms with Gasteiger partial charge in [0.05, 0.1) is 12.6 Å². The van der Waals surface area contributed by atoms with Crippen molar-refractivity contribution >= 4 is 5.91 Å². The molecule has 4 nitrogen and oxygen atoms in total. The molecule has 1 N–H and O–H groups in total. The van der Waals surface area contributed by atoms with E-state index in [-0.39, 0.29) is 11.9 Å². The predicted octanol–water partition coefficient (Wildman–Crippen LogP) is 3.54. The molecule has 1 saturated carbocycles. The monoisotopic (exact) mass is 337 g/mol. The zero-order valence-electron chi connectivity index (χ0n) is 15.3. The molecule has 1 aliphatic rings. The van der Waals surface area contributed by atoms with Gasteiger partial charge in [-0.1, -0.05) is 23.8 Å². The van der Waals surface area contributed by atoms with Crippen molar-refractivity contribution in [2.75, 3.05) is 6.54 Å². The number of nitrogens with zero attached hydrogens (tertiary/aromatic N) is 2. The fourth-order valence-corrected chi connectivity index (χ4v) is 3.25. The van der Waals surface area contributed by atoms with Crippen molar-refractivity contribution in [2.24, 2.45) is 0 Å². The van der Waals surface area contributed by atoms with Crippen LogP contribution in [0.3, 0.4) is 0 Å². The summed E-state index contributed by atoms with van der Waals surface area (Å²) in [6, 6.07) is 11.0. The summed E-state index contributed by atoms with van der Waals surface area (Å²) < 4.78 is 0. The van der Waals surface area contributed by atoms with Gasteiger partial charge in [0.2, 0.25) is 5.91 Å². The highest BCUT2D eigenvalue weighted by Crippen LogP contribution is 2.28. The number of hydrogen-bond donors (Lipinski definition) is 1. The fourth-order valence-electron chi connectivity index (χ4n) is 3.25. The Bertz CT molecular complexity index is 725. The van der Waals surface area contributed by atoms with Crippen molar-refractivity contribution < 1.29 is 4.79 Å². The summed E-state index contributed by atoms with van der Waals surface area (Å²) >= 11 is 0. The molecule has 1 aliphatic carbocycles. The second-order valence-electron chi connectivity index (χ2n) is 7.14. The molecule has 0 saturated heterocycles. The van der Waals surface area contributed by atoms with Crippen LogP contribution in [-0.2, 0) is 11.3 Å². The number of aryl methyl sites for hydroxylation is 2. The Balaban J connectivity index is 1.61. The number of carbonyl (C=O) groups excluding carboxylic acids is 1. The molecule has 1 amide bonds. The van der Waals surface area contributed by atoms with Crippen molar-refractivity contribution in [1.29, 1.82) is 0 Å². The molecule has 1 fully saturated rings. The van der Waals surface area contributed by atoms with E-state index in [1.807, 2.05) is 24.5 Å². The maximum atomic E-state index is 12.6. The first kappa shape index (κ1) is 17.6. The minimum atomic E-state index is 0.0226. The molecule has 0 spiro atoms. The van der Waals surface area contributed by atoms with Gasteiger partial charge in [0, 0.05) is 25.0 Å². The number of rotatable bonds is 7. The number of aromatic nitrogens is 1. The second kappa shape index (κ2) is 7.79. The highest BCUT2D eigenvalue weighted by molar-refractivity contribution is 5.78. The summed E-state index contributed by atoms with van der Waals surface area (Å²) in [5.74, 6) is 0.0920. The smallest absolute Gasteiger partial charge is 0.234 e. The van der Waals surface area contributed by atoms with Crippen molar-refractivity contribution in [3.05, 3.63) is 65.0 Å². The normalized spacial score (nSPS) is 15.2. The van der Waals surface area contributed by atoms with Crippen LogP contribution in [0.4, 0.5) is 0 Å². The highest BCUT2D eigenvalue weighted by Gasteiger charge is 2.30. The summed E-state index contributed by atoms with van der Waals surface area (Å²) in [7, 11) is 0. The van der Waals surface area contributed by atoms with Crippen LogP contribution in [-0.4, -0.2) is 28.4 Å². The van der Waals surface area contributed by atoms with Crippen LogP contribution in [0.5, 0.6) is 0 Å². The third kappa shape index (κ3) is 4.89. The molecule has 2 aromatic rings. The van der Waals surface area contributed by atoms with Crippen molar-refractivity contribution in [3.63, 3.8) is 0 Å². The van der Waals surface area contributed by atoms with E-state index < -0.39 is 0 Å². The van der Waals surface area contributed by atoms with Gasteiger partial charge in [-0.3, -0.25) is 14.7 Å². The Kier molecular flexibility index (Phi) is 5.49. The SMILES string of the molecule is Cc1ccc(C)c(C(C)NC(=O)CN(Cc2ccncc2)C2CC2)c1. The molecule has 1 unspecified atom stereocenters. The van der Waals surface area contributed by atoms with E-state index in [0.717, 1.165) is 6.54 Å². The first-order chi connectivity index (χ1) is 12.0. The molecule has 0 bridgehead atoms. The lowest BCUT2D eigenvalue weighted by Crippen LogP contribution is -2.39.